The Morgan fingerprint density at radius 2 is 1.68 bits per heavy atom. The van der Waals surface area contributed by atoms with E-state index in [9.17, 15) is 4.79 Å². The molecule has 0 unspecified atom stereocenters. The summed E-state index contributed by atoms with van der Waals surface area (Å²) < 4.78 is 11.0. The number of rotatable bonds is 7. The number of hydrogen-bond donors (Lipinski definition) is 1. The Morgan fingerprint density at radius 3 is 2.44 bits per heavy atom. The second-order valence-corrected chi connectivity index (χ2v) is 5.40. The maximum absolute atomic E-state index is 12.2. The van der Waals surface area contributed by atoms with Gasteiger partial charge in [0.2, 0.25) is 0 Å². The van der Waals surface area contributed by atoms with E-state index in [1.54, 1.807) is 6.07 Å². The minimum absolute atomic E-state index is 0.207. The summed E-state index contributed by atoms with van der Waals surface area (Å²) in [6.45, 7) is 3.36. The van der Waals surface area contributed by atoms with Crippen molar-refractivity contribution in [2.45, 2.75) is 6.92 Å². The lowest BCUT2D eigenvalue weighted by atomic mass is 10.2. The number of hydrogen-bond acceptors (Lipinski definition) is 4. The summed E-state index contributed by atoms with van der Waals surface area (Å²) in [7, 11) is 0. The zero-order valence-electron chi connectivity index (χ0n) is 14.1. The lowest BCUT2D eigenvalue weighted by Crippen LogP contribution is -2.28. The van der Waals surface area contributed by atoms with Gasteiger partial charge in [0.1, 0.15) is 23.8 Å². The van der Waals surface area contributed by atoms with Crippen LogP contribution in [0.2, 0.25) is 0 Å². The number of para-hydroxylation sites is 1. The van der Waals surface area contributed by atoms with Gasteiger partial charge in [0, 0.05) is 5.39 Å². The van der Waals surface area contributed by atoms with Gasteiger partial charge in [-0.3, -0.25) is 4.79 Å². The molecule has 0 aliphatic carbocycles. The lowest BCUT2D eigenvalue weighted by molar-refractivity contribution is 0.0942. The molecule has 0 radical (unpaired) electrons. The molecule has 1 amide bonds. The predicted octanol–water partition coefficient (Wildman–Crippen LogP) is 3.44. The third-order valence-electron chi connectivity index (χ3n) is 3.62. The molecule has 0 spiro atoms. The number of aromatic nitrogens is 1. The molecule has 0 atom stereocenters. The van der Waals surface area contributed by atoms with Crippen molar-refractivity contribution >= 4 is 16.8 Å². The van der Waals surface area contributed by atoms with Crippen molar-refractivity contribution in [3.05, 3.63) is 66.4 Å². The van der Waals surface area contributed by atoms with E-state index in [-0.39, 0.29) is 5.91 Å². The van der Waals surface area contributed by atoms with Crippen molar-refractivity contribution in [2.24, 2.45) is 0 Å². The van der Waals surface area contributed by atoms with Crippen molar-refractivity contribution in [3.63, 3.8) is 0 Å². The van der Waals surface area contributed by atoms with Crippen molar-refractivity contribution in [1.29, 1.82) is 0 Å². The highest BCUT2D eigenvalue weighted by molar-refractivity contribution is 5.94. The molecular formula is C20H20N2O3. The molecule has 0 saturated carbocycles. The highest BCUT2D eigenvalue weighted by Crippen LogP contribution is 2.17. The Labute approximate surface area is 146 Å². The van der Waals surface area contributed by atoms with E-state index in [2.05, 4.69) is 10.3 Å². The Hall–Kier alpha value is -3.08. The Morgan fingerprint density at radius 1 is 0.960 bits per heavy atom. The third-order valence-corrected chi connectivity index (χ3v) is 3.62. The van der Waals surface area contributed by atoms with Crippen LogP contribution in [0.5, 0.6) is 11.5 Å². The molecule has 3 aromatic rings. The molecule has 128 valence electrons. The zero-order chi connectivity index (χ0) is 17.5. The third kappa shape index (κ3) is 4.47. The molecular weight excluding hydrogens is 316 g/mol. The number of nitrogens with one attached hydrogen (secondary N) is 1. The van der Waals surface area contributed by atoms with E-state index in [1.165, 1.54) is 0 Å². The van der Waals surface area contributed by atoms with E-state index in [1.807, 2.05) is 61.5 Å². The number of pyridine rings is 1. The minimum atomic E-state index is -0.207. The topological polar surface area (TPSA) is 60.5 Å². The summed E-state index contributed by atoms with van der Waals surface area (Å²) in [5.74, 6) is 1.34. The first-order valence-electron chi connectivity index (χ1n) is 8.26. The first-order chi connectivity index (χ1) is 12.3. The van der Waals surface area contributed by atoms with Gasteiger partial charge in [0.25, 0.3) is 5.91 Å². The van der Waals surface area contributed by atoms with Gasteiger partial charge < -0.3 is 14.8 Å². The number of carbonyl (C=O) groups excluding carboxylic acids is 1. The van der Waals surface area contributed by atoms with Crippen LogP contribution in [0, 0.1) is 0 Å². The molecule has 0 saturated heterocycles. The van der Waals surface area contributed by atoms with Crippen molar-refractivity contribution in [3.8, 4) is 11.5 Å². The fourth-order valence-corrected chi connectivity index (χ4v) is 2.42. The van der Waals surface area contributed by atoms with Crippen LogP contribution in [0.15, 0.2) is 60.7 Å². The van der Waals surface area contributed by atoms with Gasteiger partial charge in [-0.05, 0) is 43.3 Å². The quantitative estimate of drug-likeness (QED) is 0.672. The molecule has 5 nitrogen and oxygen atoms in total. The minimum Gasteiger partial charge on any atom is -0.494 e. The smallest absolute Gasteiger partial charge is 0.270 e. The molecule has 0 aliphatic rings. The van der Waals surface area contributed by atoms with Crippen LogP contribution in [0.25, 0.3) is 10.9 Å². The van der Waals surface area contributed by atoms with Gasteiger partial charge in [-0.2, -0.15) is 0 Å². The molecule has 5 heteroatoms. The van der Waals surface area contributed by atoms with E-state index >= 15 is 0 Å². The van der Waals surface area contributed by atoms with Gasteiger partial charge in [-0.25, -0.2) is 4.98 Å². The first-order valence-corrected chi connectivity index (χ1v) is 8.26. The van der Waals surface area contributed by atoms with Crippen LogP contribution < -0.4 is 14.8 Å². The highest BCUT2D eigenvalue weighted by Gasteiger charge is 2.07. The van der Waals surface area contributed by atoms with Crippen LogP contribution in [-0.4, -0.2) is 30.6 Å². The van der Waals surface area contributed by atoms with E-state index in [0.717, 1.165) is 22.4 Å². The SMILES string of the molecule is CCOc1ccc(OCCNC(=O)c2ccc3ccccc3n2)cc1. The van der Waals surface area contributed by atoms with Crippen LogP contribution in [0.3, 0.4) is 0 Å². The lowest BCUT2D eigenvalue weighted by Gasteiger charge is -2.09. The first kappa shape index (κ1) is 16.8. The molecule has 1 N–H and O–H groups in total. The number of carbonyl (C=O) groups is 1. The largest absolute Gasteiger partial charge is 0.494 e. The number of amides is 1. The average molecular weight is 336 g/mol. The van der Waals surface area contributed by atoms with E-state index in [4.69, 9.17) is 9.47 Å². The Balaban J connectivity index is 1.48. The molecule has 0 fully saturated rings. The second kappa shape index (κ2) is 8.15. The van der Waals surface area contributed by atoms with Crippen LogP contribution in [-0.2, 0) is 0 Å². The summed E-state index contributed by atoms with van der Waals surface area (Å²) in [5.41, 5.74) is 1.21. The van der Waals surface area contributed by atoms with Gasteiger partial charge >= 0.3 is 0 Å². The van der Waals surface area contributed by atoms with E-state index < -0.39 is 0 Å². The Kier molecular flexibility index (Phi) is 5.46. The van der Waals surface area contributed by atoms with Crippen LogP contribution in [0.1, 0.15) is 17.4 Å². The predicted molar refractivity (Wildman–Crippen MR) is 97.2 cm³/mol. The maximum Gasteiger partial charge on any atom is 0.270 e. The number of fused-ring (bicyclic) bond motifs is 1. The summed E-state index contributed by atoms with van der Waals surface area (Å²) in [5, 5.41) is 3.83. The molecule has 1 heterocycles. The fraction of sp³-hybridized carbons (Fsp3) is 0.200. The monoisotopic (exact) mass is 336 g/mol. The summed E-state index contributed by atoms with van der Waals surface area (Å²) >= 11 is 0. The van der Waals surface area contributed by atoms with Crippen LogP contribution >= 0.6 is 0 Å². The standard InChI is InChI=1S/C20H20N2O3/c1-2-24-16-8-10-17(11-9-16)25-14-13-21-20(23)19-12-7-15-5-3-4-6-18(15)22-19/h3-12H,2,13-14H2,1H3,(H,21,23). The number of nitrogens with zero attached hydrogens (tertiary/aromatic N) is 1. The zero-order valence-corrected chi connectivity index (χ0v) is 14.1. The molecule has 0 aliphatic heterocycles. The summed E-state index contributed by atoms with van der Waals surface area (Å²) in [6, 6.07) is 18.7. The fourth-order valence-electron chi connectivity index (χ4n) is 2.42. The van der Waals surface area contributed by atoms with Gasteiger partial charge in [0.15, 0.2) is 0 Å². The molecule has 2 aromatic carbocycles. The second-order valence-electron chi connectivity index (χ2n) is 5.40. The van der Waals surface area contributed by atoms with E-state index in [0.29, 0.717) is 25.5 Å². The molecule has 3 rings (SSSR count). The summed E-state index contributed by atoms with van der Waals surface area (Å²) in [6.07, 6.45) is 0. The normalized spacial score (nSPS) is 10.4. The highest BCUT2D eigenvalue weighted by atomic mass is 16.5. The van der Waals surface area contributed by atoms with Gasteiger partial charge in [-0.1, -0.05) is 24.3 Å². The number of ether oxygens (including phenoxy) is 2. The average Bonchev–Trinajstić information content (AvgIpc) is 2.66. The van der Waals surface area contributed by atoms with Crippen molar-refractivity contribution < 1.29 is 14.3 Å². The number of benzene rings is 2. The molecule has 0 bridgehead atoms. The summed E-state index contributed by atoms with van der Waals surface area (Å²) in [4.78, 5) is 16.5. The maximum atomic E-state index is 12.2. The molecule has 25 heavy (non-hydrogen) atoms. The van der Waals surface area contributed by atoms with Crippen molar-refractivity contribution in [1.82, 2.24) is 10.3 Å². The molecule has 1 aromatic heterocycles. The Bertz CT molecular complexity index is 847. The van der Waals surface area contributed by atoms with Gasteiger partial charge in [0.05, 0.1) is 18.7 Å². The van der Waals surface area contributed by atoms with Crippen LogP contribution in [0.4, 0.5) is 0 Å². The van der Waals surface area contributed by atoms with Crippen molar-refractivity contribution in [2.75, 3.05) is 19.8 Å². The van der Waals surface area contributed by atoms with Gasteiger partial charge in [-0.15, -0.1) is 0 Å².